The normalized spacial score (nSPS) is 18.0. The molecule has 24 heavy (non-hydrogen) atoms. The maximum atomic E-state index is 12.8. The average molecular weight is 344 g/mol. The van der Waals surface area contributed by atoms with Gasteiger partial charge in [-0.1, -0.05) is 12.1 Å². The summed E-state index contributed by atoms with van der Waals surface area (Å²) in [5.41, 5.74) is 3.15. The lowest BCUT2D eigenvalue weighted by Gasteiger charge is -2.27. The first-order valence-electron chi connectivity index (χ1n) is 8.64. The highest BCUT2D eigenvalue weighted by molar-refractivity contribution is 7.99. The number of benzene rings is 1. The highest BCUT2D eigenvalue weighted by atomic mass is 32.2. The van der Waals surface area contributed by atoms with Crippen LogP contribution in [-0.2, 0) is 4.79 Å². The Bertz CT molecular complexity index is 663. The van der Waals surface area contributed by atoms with Crippen molar-refractivity contribution in [2.45, 2.75) is 32.6 Å². The Morgan fingerprint density at radius 1 is 1.17 bits per heavy atom. The van der Waals surface area contributed by atoms with E-state index in [0.717, 1.165) is 67.1 Å². The number of anilines is 1. The summed E-state index contributed by atoms with van der Waals surface area (Å²) in [5, 5.41) is 3.00. The first-order valence-corrected chi connectivity index (χ1v) is 9.79. The Morgan fingerprint density at radius 3 is 2.67 bits per heavy atom. The molecular weight excluding hydrogens is 320 g/mol. The second-order valence-electron chi connectivity index (χ2n) is 6.31. The number of carbonyl (C=O) groups excluding carboxylic acids is 2. The van der Waals surface area contributed by atoms with Gasteiger partial charge in [0.1, 0.15) is 0 Å². The number of hydrogen-bond donors (Lipinski definition) is 1. The molecule has 4 nitrogen and oxygen atoms in total. The van der Waals surface area contributed by atoms with Crippen LogP contribution in [0.4, 0.5) is 5.69 Å². The predicted octanol–water partition coefficient (Wildman–Crippen LogP) is 3.62. The number of nitrogens with zero attached hydrogens (tertiary/aromatic N) is 1. The Balaban J connectivity index is 1.76. The van der Waals surface area contributed by atoms with Crippen molar-refractivity contribution in [3.8, 4) is 0 Å². The van der Waals surface area contributed by atoms with Gasteiger partial charge in [0, 0.05) is 41.4 Å². The first-order chi connectivity index (χ1) is 11.7. The van der Waals surface area contributed by atoms with E-state index >= 15 is 0 Å². The van der Waals surface area contributed by atoms with E-state index < -0.39 is 0 Å². The zero-order valence-corrected chi connectivity index (χ0v) is 15.0. The molecule has 0 radical (unpaired) electrons. The third-order valence-corrected chi connectivity index (χ3v) is 5.64. The molecule has 1 fully saturated rings. The molecule has 0 aromatic heterocycles. The fraction of sp³-hybridized carbons (Fsp3) is 0.474. The van der Waals surface area contributed by atoms with Crippen molar-refractivity contribution in [1.29, 1.82) is 0 Å². The molecule has 1 aliphatic carbocycles. The molecule has 2 amide bonds. The van der Waals surface area contributed by atoms with Gasteiger partial charge in [-0.3, -0.25) is 9.59 Å². The van der Waals surface area contributed by atoms with E-state index in [-0.39, 0.29) is 11.8 Å². The first kappa shape index (κ1) is 17.1. The number of thioether (sulfide) groups is 1. The number of allylic oxidation sites excluding steroid dienone is 1. The van der Waals surface area contributed by atoms with Gasteiger partial charge >= 0.3 is 0 Å². The Hall–Kier alpha value is -1.75. The second kappa shape index (κ2) is 7.88. The third kappa shape index (κ3) is 3.83. The molecule has 1 aromatic carbocycles. The van der Waals surface area contributed by atoms with Crippen molar-refractivity contribution in [3.63, 3.8) is 0 Å². The smallest absolute Gasteiger partial charge is 0.254 e. The van der Waals surface area contributed by atoms with Crippen LogP contribution in [0.1, 0.15) is 41.6 Å². The maximum absolute atomic E-state index is 12.8. The van der Waals surface area contributed by atoms with Gasteiger partial charge in [-0.15, -0.1) is 0 Å². The molecule has 0 atom stereocenters. The average Bonchev–Trinajstić information content (AvgIpc) is 2.64. The molecule has 0 bridgehead atoms. The predicted molar refractivity (Wildman–Crippen MR) is 99.6 cm³/mol. The van der Waals surface area contributed by atoms with Crippen molar-refractivity contribution < 1.29 is 9.59 Å². The molecule has 128 valence electrons. The molecule has 0 unspecified atom stereocenters. The second-order valence-corrected chi connectivity index (χ2v) is 7.54. The van der Waals surface area contributed by atoms with Crippen LogP contribution in [0.2, 0.25) is 0 Å². The monoisotopic (exact) mass is 344 g/mol. The van der Waals surface area contributed by atoms with Crippen LogP contribution in [0.3, 0.4) is 0 Å². The highest BCUT2D eigenvalue weighted by Crippen LogP contribution is 2.24. The van der Waals surface area contributed by atoms with Crippen LogP contribution < -0.4 is 5.32 Å². The van der Waals surface area contributed by atoms with E-state index in [1.54, 1.807) is 0 Å². The largest absolute Gasteiger partial charge is 0.337 e. The molecule has 1 aromatic rings. The molecule has 1 heterocycles. The lowest BCUT2D eigenvalue weighted by molar-refractivity contribution is -0.113. The van der Waals surface area contributed by atoms with Crippen LogP contribution in [0, 0.1) is 6.92 Å². The van der Waals surface area contributed by atoms with Crippen molar-refractivity contribution in [2.75, 3.05) is 29.9 Å². The number of amides is 2. The van der Waals surface area contributed by atoms with Gasteiger partial charge in [0.2, 0.25) is 0 Å². The van der Waals surface area contributed by atoms with E-state index in [0.29, 0.717) is 5.56 Å². The summed E-state index contributed by atoms with van der Waals surface area (Å²) in [6, 6.07) is 5.58. The fourth-order valence-corrected chi connectivity index (χ4v) is 4.09. The van der Waals surface area contributed by atoms with E-state index in [1.165, 1.54) is 0 Å². The van der Waals surface area contributed by atoms with E-state index in [9.17, 15) is 9.59 Å². The highest BCUT2D eigenvalue weighted by Gasteiger charge is 2.21. The summed E-state index contributed by atoms with van der Waals surface area (Å²) < 4.78 is 0. The van der Waals surface area contributed by atoms with Gasteiger partial charge in [-0.2, -0.15) is 11.8 Å². The molecule has 1 saturated heterocycles. The van der Waals surface area contributed by atoms with Crippen molar-refractivity contribution in [3.05, 3.63) is 41.0 Å². The molecular formula is C19H24N2O2S. The minimum atomic E-state index is -0.0308. The van der Waals surface area contributed by atoms with Gasteiger partial charge in [-0.25, -0.2) is 0 Å². The minimum absolute atomic E-state index is 0.0308. The zero-order valence-electron chi connectivity index (χ0n) is 14.1. The molecule has 2 aliphatic rings. The maximum Gasteiger partial charge on any atom is 0.254 e. The topological polar surface area (TPSA) is 49.4 Å². The Kier molecular flexibility index (Phi) is 5.61. The lowest BCUT2D eigenvalue weighted by Crippen LogP contribution is -2.38. The zero-order chi connectivity index (χ0) is 16.9. The quantitative estimate of drug-likeness (QED) is 0.911. The summed E-state index contributed by atoms with van der Waals surface area (Å²) in [4.78, 5) is 27.1. The third-order valence-electron chi connectivity index (χ3n) is 4.69. The Labute approximate surface area is 147 Å². The molecule has 0 spiro atoms. The van der Waals surface area contributed by atoms with Gasteiger partial charge in [0.05, 0.1) is 0 Å². The van der Waals surface area contributed by atoms with E-state index in [4.69, 9.17) is 0 Å². The van der Waals surface area contributed by atoms with Crippen LogP contribution in [0.15, 0.2) is 29.8 Å². The van der Waals surface area contributed by atoms with Gasteiger partial charge < -0.3 is 10.2 Å². The van der Waals surface area contributed by atoms with Gasteiger partial charge in [-0.05, 0) is 50.3 Å². The summed E-state index contributed by atoms with van der Waals surface area (Å²) in [5.74, 6) is 2.03. The summed E-state index contributed by atoms with van der Waals surface area (Å²) in [7, 11) is 0. The number of hydrogen-bond acceptors (Lipinski definition) is 3. The standard InChI is InChI=1S/C19H24N2O2S/c1-14-16(19(23)21-10-12-24-13-11-21)8-5-9-17(14)20-18(22)15-6-3-2-4-7-15/h5-6,8-9H,2-4,7,10-13H2,1H3,(H,20,22). The number of rotatable bonds is 3. The molecule has 0 saturated carbocycles. The van der Waals surface area contributed by atoms with Crippen LogP contribution in [0.25, 0.3) is 0 Å². The van der Waals surface area contributed by atoms with Crippen molar-refractivity contribution in [2.24, 2.45) is 0 Å². The van der Waals surface area contributed by atoms with Gasteiger partial charge in [0.25, 0.3) is 11.8 Å². The number of nitrogens with one attached hydrogen (secondary N) is 1. The molecule has 5 heteroatoms. The van der Waals surface area contributed by atoms with Crippen LogP contribution in [0.5, 0.6) is 0 Å². The molecule has 1 N–H and O–H groups in total. The van der Waals surface area contributed by atoms with Crippen molar-refractivity contribution in [1.82, 2.24) is 4.90 Å². The lowest BCUT2D eigenvalue weighted by atomic mass is 9.98. The Morgan fingerprint density at radius 2 is 1.96 bits per heavy atom. The molecule has 3 rings (SSSR count). The fourth-order valence-electron chi connectivity index (χ4n) is 3.19. The summed E-state index contributed by atoms with van der Waals surface area (Å²) in [6.07, 6.45) is 6.09. The molecule has 1 aliphatic heterocycles. The minimum Gasteiger partial charge on any atom is -0.337 e. The van der Waals surface area contributed by atoms with Crippen molar-refractivity contribution >= 4 is 29.3 Å². The summed E-state index contributed by atoms with van der Waals surface area (Å²) in [6.45, 7) is 3.51. The number of carbonyl (C=O) groups is 2. The van der Waals surface area contributed by atoms with Crippen LogP contribution >= 0.6 is 11.8 Å². The SMILES string of the molecule is Cc1c(NC(=O)C2=CCCCC2)cccc1C(=O)N1CCSCC1. The summed E-state index contributed by atoms with van der Waals surface area (Å²) >= 11 is 1.89. The van der Waals surface area contributed by atoms with Gasteiger partial charge in [0.15, 0.2) is 0 Å². The van der Waals surface area contributed by atoms with Crippen LogP contribution in [-0.4, -0.2) is 41.3 Å². The van der Waals surface area contributed by atoms with E-state index in [1.807, 2.05) is 47.9 Å². The van der Waals surface area contributed by atoms with E-state index in [2.05, 4.69) is 5.32 Å².